The van der Waals surface area contributed by atoms with Crippen LogP contribution in [-0.2, 0) is 0 Å². The molecule has 2 amide bonds. The van der Waals surface area contributed by atoms with Gasteiger partial charge in [-0.1, -0.05) is 18.2 Å². The predicted octanol–water partition coefficient (Wildman–Crippen LogP) is 4.87. The number of hydrogen-bond acceptors (Lipinski definition) is 3. The summed E-state index contributed by atoms with van der Waals surface area (Å²) in [6.45, 7) is 0. The van der Waals surface area contributed by atoms with E-state index in [2.05, 4.69) is 15.6 Å². The maximum absolute atomic E-state index is 12.2. The highest BCUT2D eigenvalue weighted by molar-refractivity contribution is 6.09. The molecule has 0 saturated carbocycles. The lowest BCUT2D eigenvalue weighted by Gasteiger charge is -2.07. The number of nitrogens with zero attached hydrogens (tertiary/aromatic N) is 1. The minimum atomic E-state index is -0.486. The molecule has 0 saturated heterocycles. The molecule has 26 heavy (non-hydrogen) atoms. The Morgan fingerprint density at radius 2 is 1.50 bits per heavy atom. The van der Waals surface area contributed by atoms with Crippen molar-refractivity contribution in [3.63, 3.8) is 0 Å². The number of carbonyl (C=O) groups is 1. The van der Waals surface area contributed by atoms with Crippen molar-refractivity contribution in [2.75, 3.05) is 10.6 Å². The Hall–Kier alpha value is -3.87. The maximum Gasteiger partial charge on any atom is 0.323 e. The van der Waals surface area contributed by atoms with Gasteiger partial charge in [0.2, 0.25) is 0 Å². The number of non-ortho nitro benzene ring substituents is 1. The molecule has 1 aromatic heterocycles. The molecule has 1 heterocycles. The zero-order valence-electron chi connectivity index (χ0n) is 13.5. The number of amides is 2. The molecule has 3 aromatic carbocycles. The van der Waals surface area contributed by atoms with Crippen LogP contribution in [0.15, 0.2) is 66.7 Å². The third-order valence-corrected chi connectivity index (χ3v) is 4.10. The number of H-pyrrole nitrogens is 1. The van der Waals surface area contributed by atoms with Gasteiger partial charge in [-0.05, 0) is 36.4 Å². The quantitative estimate of drug-likeness (QED) is 0.364. The average Bonchev–Trinajstić information content (AvgIpc) is 3.00. The maximum atomic E-state index is 12.2. The number of nitro groups is 1. The Bertz CT molecular complexity index is 1130. The molecule has 0 aliphatic heterocycles. The van der Waals surface area contributed by atoms with Gasteiger partial charge in [-0.25, -0.2) is 4.79 Å². The van der Waals surface area contributed by atoms with E-state index < -0.39 is 11.0 Å². The molecular formula is C19H14N4O3. The molecule has 0 atom stereocenters. The fourth-order valence-corrected chi connectivity index (χ4v) is 2.89. The number of fused-ring (bicyclic) bond motifs is 3. The zero-order chi connectivity index (χ0) is 18.1. The average molecular weight is 346 g/mol. The topological polar surface area (TPSA) is 100 Å². The number of benzene rings is 3. The Balaban J connectivity index is 1.53. The van der Waals surface area contributed by atoms with Gasteiger partial charge in [0.05, 0.1) is 4.92 Å². The first-order chi connectivity index (χ1) is 12.6. The first kappa shape index (κ1) is 15.6. The lowest BCUT2D eigenvalue weighted by atomic mass is 10.1. The van der Waals surface area contributed by atoms with E-state index in [-0.39, 0.29) is 5.69 Å². The van der Waals surface area contributed by atoms with Gasteiger partial charge in [0.1, 0.15) is 0 Å². The van der Waals surface area contributed by atoms with Crippen LogP contribution in [0, 0.1) is 10.1 Å². The number of nitrogens with one attached hydrogen (secondary N) is 3. The van der Waals surface area contributed by atoms with Crippen molar-refractivity contribution in [1.82, 2.24) is 4.98 Å². The van der Waals surface area contributed by atoms with Crippen molar-refractivity contribution in [3.05, 3.63) is 76.8 Å². The van der Waals surface area contributed by atoms with Crippen LogP contribution in [-0.4, -0.2) is 15.9 Å². The Morgan fingerprint density at radius 1 is 0.846 bits per heavy atom. The molecule has 7 heteroatoms. The van der Waals surface area contributed by atoms with Crippen molar-refractivity contribution in [3.8, 4) is 0 Å². The third-order valence-electron chi connectivity index (χ3n) is 4.10. The van der Waals surface area contributed by atoms with E-state index in [1.54, 1.807) is 0 Å². The molecule has 4 rings (SSSR count). The summed E-state index contributed by atoms with van der Waals surface area (Å²) < 4.78 is 0. The fourth-order valence-electron chi connectivity index (χ4n) is 2.89. The predicted molar refractivity (Wildman–Crippen MR) is 102 cm³/mol. The standard InChI is InChI=1S/C19H14N4O3/c24-19(20-12-5-8-14(9-6-12)23(25)26)21-13-7-10-18-16(11-13)15-3-1-2-4-17(15)22-18/h1-11,22H,(H2,20,21,24). The molecule has 128 valence electrons. The molecule has 0 bridgehead atoms. The van der Waals surface area contributed by atoms with E-state index in [0.29, 0.717) is 11.4 Å². The molecular weight excluding hydrogens is 332 g/mol. The number of nitro benzene ring substituents is 1. The van der Waals surface area contributed by atoms with Gasteiger partial charge < -0.3 is 15.6 Å². The van der Waals surface area contributed by atoms with E-state index in [1.165, 1.54) is 24.3 Å². The number of aromatic nitrogens is 1. The lowest BCUT2D eigenvalue weighted by Crippen LogP contribution is -2.19. The summed E-state index contributed by atoms with van der Waals surface area (Å²) in [4.78, 5) is 25.7. The summed E-state index contributed by atoms with van der Waals surface area (Å²) in [7, 11) is 0. The number of hydrogen-bond donors (Lipinski definition) is 3. The van der Waals surface area contributed by atoms with Gasteiger partial charge in [0.25, 0.3) is 5.69 Å². The van der Waals surface area contributed by atoms with Crippen molar-refractivity contribution in [1.29, 1.82) is 0 Å². The van der Waals surface area contributed by atoms with Gasteiger partial charge in [0, 0.05) is 45.3 Å². The van der Waals surface area contributed by atoms with Crippen LogP contribution in [0.2, 0.25) is 0 Å². The van der Waals surface area contributed by atoms with E-state index in [4.69, 9.17) is 0 Å². The monoisotopic (exact) mass is 346 g/mol. The van der Waals surface area contributed by atoms with Crippen LogP contribution in [0.25, 0.3) is 21.8 Å². The summed E-state index contributed by atoms with van der Waals surface area (Å²) in [5.74, 6) is 0. The van der Waals surface area contributed by atoms with E-state index >= 15 is 0 Å². The molecule has 7 nitrogen and oxygen atoms in total. The van der Waals surface area contributed by atoms with Crippen molar-refractivity contribution >= 4 is 44.9 Å². The SMILES string of the molecule is O=C(Nc1ccc([N+](=O)[O-])cc1)Nc1ccc2[nH]c3ccccc3c2c1. The highest BCUT2D eigenvalue weighted by Gasteiger charge is 2.08. The van der Waals surface area contributed by atoms with Gasteiger partial charge >= 0.3 is 6.03 Å². The van der Waals surface area contributed by atoms with Crippen LogP contribution in [0.1, 0.15) is 0 Å². The van der Waals surface area contributed by atoms with Gasteiger partial charge in [0.15, 0.2) is 0 Å². The second-order valence-corrected chi connectivity index (χ2v) is 5.81. The van der Waals surface area contributed by atoms with E-state index in [0.717, 1.165) is 21.8 Å². The number of urea groups is 1. The highest BCUT2D eigenvalue weighted by atomic mass is 16.6. The molecule has 0 unspecified atom stereocenters. The van der Waals surface area contributed by atoms with E-state index in [1.807, 2.05) is 42.5 Å². The second kappa shape index (κ2) is 6.21. The van der Waals surface area contributed by atoms with Crippen LogP contribution in [0.4, 0.5) is 21.9 Å². The Kier molecular flexibility index (Phi) is 3.74. The van der Waals surface area contributed by atoms with Gasteiger partial charge in [-0.2, -0.15) is 0 Å². The minimum absolute atomic E-state index is 0.0271. The molecule has 0 aliphatic rings. The first-order valence-electron chi connectivity index (χ1n) is 7.93. The first-order valence-corrected chi connectivity index (χ1v) is 7.93. The number of para-hydroxylation sites is 1. The minimum Gasteiger partial charge on any atom is -0.355 e. The highest BCUT2D eigenvalue weighted by Crippen LogP contribution is 2.27. The Morgan fingerprint density at radius 3 is 2.27 bits per heavy atom. The van der Waals surface area contributed by atoms with Crippen molar-refractivity contribution < 1.29 is 9.72 Å². The number of rotatable bonds is 3. The molecule has 0 fully saturated rings. The summed E-state index contributed by atoms with van der Waals surface area (Å²) >= 11 is 0. The summed E-state index contributed by atoms with van der Waals surface area (Å²) in [6, 6.07) is 18.8. The molecule has 0 aliphatic carbocycles. The number of anilines is 2. The lowest BCUT2D eigenvalue weighted by molar-refractivity contribution is -0.384. The second-order valence-electron chi connectivity index (χ2n) is 5.81. The summed E-state index contributed by atoms with van der Waals surface area (Å²) in [5.41, 5.74) is 3.13. The van der Waals surface area contributed by atoms with Crippen molar-refractivity contribution in [2.24, 2.45) is 0 Å². The zero-order valence-corrected chi connectivity index (χ0v) is 13.5. The molecule has 0 radical (unpaired) electrons. The molecule has 4 aromatic rings. The fraction of sp³-hybridized carbons (Fsp3) is 0. The third kappa shape index (κ3) is 2.93. The van der Waals surface area contributed by atoms with Gasteiger partial charge in [-0.3, -0.25) is 10.1 Å². The Labute approximate surface area is 147 Å². The van der Waals surface area contributed by atoms with Gasteiger partial charge in [-0.15, -0.1) is 0 Å². The van der Waals surface area contributed by atoms with E-state index in [9.17, 15) is 14.9 Å². The van der Waals surface area contributed by atoms with Crippen LogP contribution >= 0.6 is 0 Å². The summed E-state index contributed by atoms with van der Waals surface area (Å²) in [5, 5.41) is 18.2. The molecule has 3 N–H and O–H groups in total. The largest absolute Gasteiger partial charge is 0.355 e. The van der Waals surface area contributed by atoms with Crippen LogP contribution in [0.3, 0.4) is 0 Å². The van der Waals surface area contributed by atoms with Crippen molar-refractivity contribution in [2.45, 2.75) is 0 Å². The normalized spacial score (nSPS) is 10.8. The number of carbonyl (C=O) groups excluding carboxylic acids is 1. The van der Waals surface area contributed by atoms with Crippen LogP contribution < -0.4 is 10.6 Å². The smallest absolute Gasteiger partial charge is 0.323 e. The summed E-state index contributed by atoms with van der Waals surface area (Å²) in [6.07, 6.45) is 0. The molecule has 0 spiro atoms. The number of aromatic amines is 1. The van der Waals surface area contributed by atoms with Crippen LogP contribution in [0.5, 0.6) is 0 Å².